The molecular formula is C22H25N3O5. The molecule has 0 saturated heterocycles. The van der Waals surface area contributed by atoms with E-state index in [1.165, 1.54) is 11.1 Å². The minimum atomic E-state index is -1.82. The molecule has 1 aromatic heterocycles. The second-order valence-corrected chi connectivity index (χ2v) is 6.56. The van der Waals surface area contributed by atoms with E-state index < -0.39 is 11.9 Å². The summed E-state index contributed by atoms with van der Waals surface area (Å²) in [5.74, 6) is -3.65. The van der Waals surface area contributed by atoms with E-state index >= 15 is 0 Å². The minimum Gasteiger partial charge on any atom is -0.473 e. The SMILES string of the molecule is Cc1ccc(-c2nn(Cc3ccccc3)cc2CNCCO)cc1.O=C(O)C(=O)O. The molecule has 2 aromatic carbocycles. The van der Waals surface area contributed by atoms with Crippen LogP contribution in [-0.4, -0.2) is 50.2 Å². The van der Waals surface area contributed by atoms with Crippen molar-refractivity contribution >= 4 is 11.9 Å². The fraction of sp³-hybridized carbons (Fsp3) is 0.227. The van der Waals surface area contributed by atoms with Gasteiger partial charge in [-0.1, -0.05) is 60.2 Å². The summed E-state index contributed by atoms with van der Waals surface area (Å²) in [5, 5.41) is 31.8. The number of nitrogens with one attached hydrogen (secondary N) is 1. The molecule has 30 heavy (non-hydrogen) atoms. The Morgan fingerprint density at radius 2 is 1.63 bits per heavy atom. The van der Waals surface area contributed by atoms with E-state index in [-0.39, 0.29) is 6.61 Å². The fourth-order valence-electron chi connectivity index (χ4n) is 2.70. The van der Waals surface area contributed by atoms with Crippen LogP contribution in [0.1, 0.15) is 16.7 Å². The lowest BCUT2D eigenvalue weighted by Crippen LogP contribution is -2.17. The Labute approximate surface area is 174 Å². The first-order valence-electron chi connectivity index (χ1n) is 9.35. The van der Waals surface area contributed by atoms with Crippen LogP contribution in [0.25, 0.3) is 11.3 Å². The van der Waals surface area contributed by atoms with Crippen LogP contribution >= 0.6 is 0 Å². The smallest absolute Gasteiger partial charge is 0.414 e. The lowest BCUT2D eigenvalue weighted by Gasteiger charge is -2.04. The van der Waals surface area contributed by atoms with Crippen molar-refractivity contribution in [1.29, 1.82) is 0 Å². The molecular weight excluding hydrogens is 386 g/mol. The first kappa shape index (κ1) is 22.8. The van der Waals surface area contributed by atoms with E-state index in [1.807, 2.05) is 22.9 Å². The van der Waals surface area contributed by atoms with Crippen LogP contribution in [0.3, 0.4) is 0 Å². The molecule has 0 aliphatic rings. The predicted molar refractivity (Wildman–Crippen MR) is 112 cm³/mol. The molecule has 3 aromatic rings. The number of aliphatic hydroxyl groups excluding tert-OH is 1. The van der Waals surface area contributed by atoms with E-state index in [0.717, 1.165) is 23.4 Å². The molecule has 0 aliphatic heterocycles. The van der Waals surface area contributed by atoms with Crippen LogP contribution in [0.4, 0.5) is 0 Å². The van der Waals surface area contributed by atoms with Gasteiger partial charge in [-0.3, -0.25) is 4.68 Å². The molecule has 0 fully saturated rings. The number of hydrogen-bond acceptors (Lipinski definition) is 5. The summed E-state index contributed by atoms with van der Waals surface area (Å²) < 4.78 is 1.99. The Morgan fingerprint density at radius 3 is 2.20 bits per heavy atom. The van der Waals surface area contributed by atoms with Crippen LogP contribution in [0.5, 0.6) is 0 Å². The number of nitrogens with zero attached hydrogens (tertiary/aromatic N) is 2. The van der Waals surface area contributed by atoms with Crippen LogP contribution in [0.15, 0.2) is 60.8 Å². The minimum absolute atomic E-state index is 0.137. The number of carboxylic acid groups (broad SMARTS) is 2. The van der Waals surface area contributed by atoms with Gasteiger partial charge in [0.2, 0.25) is 0 Å². The van der Waals surface area contributed by atoms with E-state index in [4.69, 9.17) is 30.0 Å². The van der Waals surface area contributed by atoms with Crippen LogP contribution < -0.4 is 5.32 Å². The zero-order chi connectivity index (χ0) is 21.9. The van der Waals surface area contributed by atoms with Gasteiger partial charge < -0.3 is 20.6 Å². The van der Waals surface area contributed by atoms with Crippen molar-refractivity contribution in [3.05, 3.63) is 77.5 Å². The standard InChI is InChI=1S/C20H23N3O.C2H2O4/c1-16-7-9-18(10-8-16)20-19(13-21-11-12-24)15-23(22-20)14-17-5-3-2-4-6-17;3-1(4)2(5)6/h2-10,15,21,24H,11-14H2,1H3;(H,3,4)(H,5,6). The first-order chi connectivity index (χ1) is 14.4. The van der Waals surface area contributed by atoms with Crippen LogP contribution in [0.2, 0.25) is 0 Å². The number of rotatable bonds is 7. The molecule has 158 valence electrons. The first-order valence-corrected chi connectivity index (χ1v) is 9.35. The van der Waals surface area contributed by atoms with Crippen molar-refractivity contribution in [2.24, 2.45) is 0 Å². The summed E-state index contributed by atoms with van der Waals surface area (Å²) in [7, 11) is 0. The van der Waals surface area contributed by atoms with Crippen molar-refractivity contribution in [3.8, 4) is 11.3 Å². The van der Waals surface area contributed by atoms with Gasteiger partial charge in [-0.25, -0.2) is 9.59 Å². The average molecular weight is 411 g/mol. The third kappa shape index (κ3) is 7.16. The predicted octanol–water partition coefficient (Wildman–Crippen LogP) is 2.14. The molecule has 3 rings (SSSR count). The van der Waals surface area contributed by atoms with Crippen molar-refractivity contribution in [2.75, 3.05) is 13.2 Å². The second-order valence-electron chi connectivity index (χ2n) is 6.56. The van der Waals surface area contributed by atoms with Crippen molar-refractivity contribution < 1.29 is 24.9 Å². The van der Waals surface area contributed by atoms with Crippen LogP contribution in [0, 0.1) is 6.92 Å². The lowest BCUT2D eigenvalue weighted by atomic mass is 10.1. The largest absolute Gasteiger partial charge is 0.473 e. The number of aliphatic hydroxyl groups is 1. The van der Waals surface area contributed by atoms with Gasteiger partial charge in [-0.05, 0) is 12.5 Å². The average Bonchev–Trinajstić information content (AvgIpc) is 3.12. The Balaban J connectivity index is 0.000000469. The van der Waals surface area contributed by atoms with Gasteiger partial charge in [0, 0.05) is 30.4 Å². The highest BCUT2D eigenvalue weighted by molar-refractivity contribution is 6.27. The lowest BCUT2D eigenvalue weighted by molar-refractivity contribution is -0.159. The molecule has 0 unspecified atom stereocenters. The number of aryl methyl sites for hydroxylation is 1. The highest BCUT2D eigenvalue weighted by Crippen LogP contribution is 2.23. The van der Waals surface area contributed by atoms with E-state index in [1.54, 1.807) is 0 Å². The van der Waals surface area contributed by atoms with Crippen LogP contribution in [-0.2, 0) is 22.7 Å². The van der Waals surface area contributed by atoms with Crippen molar-refractivity contribution in [3.63, 3.8) is 0 Å². The maximum Gasteiger partial charge on any atom is 0.414 e. The maximum atomic E-state index is 9.10. The molecule has 0 spiro atoms. The normalized spacial score (nSPS) is 10.2. The molecule has 0 radical (unpaired) electrons. The maximum absolute atomic E-state index is 9.10. The molecule has 4 N–H and O–H groups in total. The number of aromatic nitrogens is 2. The Hall–Kier alpha value is -3.49. The third-order valence-corrected chi connectivity index (χ3v) is 4.14. The number of benzene rings is 2. The fourth-order valence-corrected chi connectivity index (χ4v) is 2.70. The molecule has 0 atom stereocenters. The van der Waals surface area contributed by atoms with E-state index in [2.05, 4.69) is 54.8 Å². The van der Waals surface area contributed by atoms with Gasteiger partial charge >= 0.3 is 11.9 Å². The zero-order valence-electron chi connectivity index (χ0n) is 16.7. The number of hydrogen-bond donors (Lipinski definition) is 4. The molecule has 8 nitrogen and oxygen atoms in total. The number of aliphatic carboxylic acids is 2. The summed E-state index contributed by atoms with van der Waals surface area (Å²) in [4.78, 5) is 18.2. The third-order valence-electron chi connectivity index (χ3n) is 4.14. The molecule has 0 saturated carbocycles. The van der Waals surface area contributed by atoms with Gasteiger partial charge in [0.15, 0.2) is 0 Å². The molecule has 0 amide bonds. The topological polar surface area (TPSA) is 125 Å². The number of carboxylic acids is 2. The Morgan fingerprint density at radius 1 is 1.00 bits per heavy atom. The summed E-state index contributed by atoms with van der Waals surface area (Å²) in [6.45, 7) is 4.25. The van der Waals surface area contributed by atoms with Crippen molar-refractivity contribution in [2.45, 2.75) is 20.0 Å². The van der Waals surface area contributed by atoms with Gasteiger partial charge in [-0.2, -0.15) is 5.10 Å². The molecule has 1 heterocycles. The highest BCUT2D eigenvalue weighted by atomic mass is 16.4. The molecule has 8 heteroatoms. The summed E-state index contributed by atoms with van der Waals surface area (Å²) >= 11 is 0. The summed E-state index contributed by atoms with van der Waals surface area (Å²) in [6, 6.07) is 18.8. The molecule has 0 aliphatic carbocycles. The van der Waals surface area contributed by atoms with Crippen molar-refractivity contribution in [1.82, 2.24) is 15.1 Å². The van der Waals surface area contributed by atoms with Gasteiger partial charge in [0.1, 0.15) is 0 Å². The summed E-state index contributed by atoms with van der Waals surface area (Å²) in [5.41, 5.74) is 5.72. The van der Waals surface area contributed by atoms with Gasteiger partial charge in [0.25, 0.3) is 0 Å². The molecule has 0 bridgehead atoms. The van der Waals surface area contributed by atoms with Gasteiger partial charge in [0.05, 0.1) is 18.8 Å². The van der Waals surface area contributed by atoms with E-state index in [9.17, 15) is 0 Å². The second kappa shape index (κ2) is 11.5. The van der Waals surface area contributed by atoms with E-state index in [0.29, 0.717) is 13.1 Å². The highest BCUT2D eigenvalue weighted by Gasteiger charge is 2.11. The number of carbonyl (C=O) groups is 2. The zero-order valence-corrected chi connectivity index (χ0v) is 16.7. The van der Waals surface area contributed by atoms with Gasteiger partial charge in [-0.15, -0.1) is 0 Å². The Kier molecular flexibility index (Phi) is 8.74. The monoisotopic (exact) mass is 411 g/mol. The quantitative estimate of drug-likeness (QED) is 0.347. The Bertz CT molecular complexity index is 941. The summed E-state index contributed by atoms with van der Waals surface area (Å²) in [6.07, 6.45) is 2.09.